The van der Waals surface area contributed by atoms with Crippen LogP contribution in [0.1, 0.15) is 11.1 Å². The van der Waals surface area contributed by atoms with Crippen LogP contribution in [0.3, 0.4) is 0 Å². The van der Waals surface area contributed by atoms with Crippen LogP contribution in [0.25, 0.3) is 0 Å². The molecule has 18 heavy (non-hydrogen) atoms. The Hall–Kier alpha value is -1.33. The molecule has 0 aliphatic carbocycles. The summed E-state index contributed by atoms with van der Waals surface area (Å²) in [5, 5.41) is 9.33. The van der Waals surface area contributed by atoms with Crippen LogP contribution in [0.4, 0.5) is 0 Å². The van der Waals surface area contributed by atoms with E-state index in [0.29, 0.717) is 6.61 Å². The summed E-state index contributed by atoms with van der Waals surface area (Å²) in [7, 11) is 0. The summed E-state index contributed by atoms with van der Waals surface area (Å²) < 4.78 is 8.66. The Kier molecular flexibility index (Phi) is 4.38. The lowest BCUT2D eigenvalue weighted by Crippen LogP contribution is -2.08. The van der Waals surface area contributed by atoms with Crippen molar-refractivity contribution in [3.63, 3.8) is 0 Å². The zero-order valence-electron chi connectivity index (χ0n) is 10.1. The second kappa shape index (κ2) is 6.02. The van der Waals surface area contributed by atoms with Gasteiger partial charge in [-0.25, -0.2) is 4.98 Å². The highest BCUT2D eigenvalue weighted by atomic mass is 79.9. The number of aliphatic hydroxyl groups is 1. The van der Waals surface area contributed by atoms with Crippen LogP contribution >= 0.6 is 15.9 Å². The van der Waals surface area contributed by atoms with Gasteiger partial charge in [-0.05, 0) is 24.6 Å². The highest BCUT2D eigenvalue weighted by molar-refractivity contribution is 9.10. The molecule has 1 heterocycles. The van der Waals surface area contributed by atoms with E-state index in [1.807, 2.05) is 29.8 Å². The van der Waals surface area contributed by atoms with Crippen LogP contribution < -0.4 is 4.74 Å². The van der Waals surface area contributed by atoms with Gasteiger partial charge in [-0.2, -0.15) is 0 Å². The first-order valence-electron chi connectivity index (χ1n) is 5.69. The molecule has 2 rings (SSSR count). The maximum atomic E-state index is 9.33. The molecule has 0 fully saturated rings. The molecule has 0 aliphatic rings. The number of nitrogens with zero attached hydrogens (tertiary/aromatic N) is 2. The van der Waals surface area contributed by atoms with E-state index < -0.39 is 0 Å². The minimum Gasteiger partial charge on any atom is -0.491 e. The molecule has 5 heteroatoms. The van der Waals surface area contributed by atoms with E-state index in [0.717, 1.165) is 27.9 Å². The van der Waals surface area contributed by atoms with Gasteiger partial charge in [0.05, 0.1) is 19.5 Å². The van der Waals surface area contributed by atoms with E-state index >= 15 is 0 Å². The Bertz CT molecular complexity index is 512. The van der Waals surface area contributed by atoms with Gasteiger partial charge >= 0.3 is 0 Å². The van der Waals surface area contributed by atoms with Crippen molar-refractivity contribution in [2.45, 2.75) is 20.1 Å². The molecule has 1 aromatic carbocycles. The highest BCUT2D eigenvalue weighted by Crippen LogP contribution is 2.28. The molecule has 0 saturated carbocycles. The number of imidazole rings is 1. The molecular formula is C13H15BrN2O2. The van der Waals surface area contributed by atoms with Gasteiger partial charge in [-0.1, -0.05) is 15.9 Å². The normalized spacial score (nSPS) is 10.6. The molecule has 4 nitrogen and oxygen atoms in total. The first-order valence-corrected chi connectivity index (χ1v) is 6.48. The average molecular weight is 311 g/mol. The number of hydrogen-bond acceptors (Lipinski definition) is 3. The molecule has 0 spiro atoms. The van der Waals surface area contributed by atoms with Crippen molar-refractivity contribution in [3.8, 4) is 5.75 Å². The number of aryl methyl sites for hydroxylation is 1. The summed E-state index contributed by atoms with van der Waals surface area (Å²) in [5.41, 5.74) is 1.81. The number of hydrogen-bond donors (Lipinski definition) is 1. The molecule has 0 amide bonds. The Balaban J connectivity index is 2.04. The molecule has 0 unspecified atom stereocenters. The standard InChI is InChI=1S/C13H15BrN2O2/c1-10-6-12(14)7-11(8-17)13(10)18-5-4-16-3-2-15-9-16/h2-3,6-7,9,17H,4-5,8H2,1H3. The maximum absolute atomic E-state index is 9.33. The fourth-order valence-corrected chi connectivity index (χ4v) is 2.42. The van der Waals surface area contributed by atoms with Crippen molar-refractivity contribution >= 4 is 15.9 Å². The summed E-state index contributed by atoms with van der Waals surface area (Å²) >= 11 is 3.41. The Morgan fingerprint density at radius 2 is 2.28 bits per heavy atom. The van der Waals surface area contributed by atoms with Crippen molar-refractivity contribution in [2.24, 2.45) is 0 Å². The molecule has 0 aliphatic heterocycles. The molecule has 0 atom stereocenters. The number of aliphatic hydroxyl groups excluding tert-OH is 1. The first kappa shape index (κ1) is 13.1. The monoisotopic (exact) mass is 310 g/mol. The lowest BCUT2D eigenvalue weighted by molar-refractivity contribution is 0.256. The fourth-order valence-electron chi connectivity index (χ4n) is 1.80. The topological polar surface area (TPSA) is 47.3 Å². The Labute approximate surface area is 114 Å². The molecule has 2 aromatic rings. The Morgan fingerprint density at radius 1 is 1.44 bits per heavy atom. The minimum atomic E-state index is -0.0271. The zero-order chi connectivity index (χ0) is 13.0. The number of ether oxygens (including phenoxy) is 1. The Morgan fingerprint density at radius 3 is 2.94 bits per heavy atom. The van der Waals surface area contributed by atoms with Crippen molar-refractivity contribution in [1.29, 1.82) is 0 Å². The van der Waals surface area contributed by atoms with Crippen molar-refractivity contribution in [1.82, 2.24) is 9.55 Å². The lowest BCUT2D eigenvalue weighted by atomic mass is 10.1. The third-order valence-electron chi connectivity index (χ3n) is 2.64. The van der Waals surface area contributed by atoms with E-state index in [1.54, 1.807) is 12.5 Å². The lowest BCUT2D eigenvalue weighted by Gasteiger charge is -2.14. The number of aromatic nitrogens is 2. The SMILES string of the molecule is Cc1cc(Br)cc(CO)c1OCCn1ccnc1. The van der Waals surface area contributed by atoms with Crippen LogP contribution in [0, 0.1) is 6.92 Å². The largest absolute Gasteiger partial charge is 0.491 e. The highest BCUT2D eigenvalue weighted by Gasteiger charge is 2.08. The van der Waals surface area contributed by atoms with E-state index in [1.165, 1.54) is 0 Å². The smallest absolute Gasteiger partial charge is 0.127 e. The van der Waals surface area contributed by atoms with Crippen LogP contribution in [-0.4, -0.2) is 21.3 Å². The predicted molar refractivity (Wildman–Crippen MR) is 72.5 cm³/mol. The quantitative estimate of drug-likeness (QED) is 0.923. The van der Waals surface area contributed by atoms with E-state index in [9.17, 15) is 5.11 Å². The van der Waals surface area contributed by atoms with Crippen molar-refractivity contribution < 1.29 is 9.84 Å². The summed E-state index contributed by atoms with van der Waals surface area (Å²) in [6, 6.07) is 3.85. The van der Waals surface area contributed by atoms with Crippen LogP contribution in [0.15, 0.2) is 35.3 Å². The third kappa shape index (κ3) is 3.11. The maximum Gasteiger partial charge on any atom is 0.127 e. The van der Waals surface area contributed by atoms with Crippen LogP contribution in [0.5, 0.6) is 5.75 Å². The second-order valence-corrected chi connectivity index (χ2v) is 4.93. The first-order chi connectivity index (χ1) is 8.70. The molecule has 0 bridgehead atoms. The molecule has 1 aromatic heterocycles. The van der Waals surface area contributed by atoms with Gasteiger partial charge in [0.1, 0.15) is 12.4 Å². The molecule has 1 N–H and O–H groups in total. The second-order valence-electron chi connectivity index (χ2n) is 4.02. The van der Waals surface area contributed by atoms with E-state index in [2.05, 4.69) is 20.9 Å². The molecule has 96 valence electrons. The van der Waals surface area contributed by atoms with Crippen molar-refractivity contribution in [2.75, 3.05) is 6.61 Å². The van der Waals surface area contributed by atoms with Gasteiger partial charge in [-0.3, -0.25) is 0 Å². The van der Waals surface area contributed by atoms with Gasteiger partial charge in [-0.15, -0.1) is 0 Å². The minimum absolute atomic E-state index is 0.0271. The average Bonchev–Trinajstić information content (AvgIpc) is 2.84. The predicted octanol–water partition coefficient (Wildman–Crippen LogP) is 2.53. The summed E-state index contributed by atoms with van der Waals surface area (Å²) in [4.78, 5) is 3.97. The van der Waals surface area contributed by atoms with E-state index in [4.69, 9.17) is 4.74 Å². The molecule has 0 saturated heterocycles. The molecule has 0 radical (unpaired) electrons. The van der Waals surface area contributed by atoms with Gasteiger partial charge in [0.15, 0.2) is 0 Å². The summed E-state index contributed by atoms with van der Waals surface area (Å²) in [6.45, 7) is 3.23. The van der Waals surface area contributed by atoms with Gasteiger partial charge in [0, 0.05) is 22.4 Å². The number of rotatable bonds is 5. The number of benzene rings is 1. The third-order valence-corrected chi connectivity index (χ3v) is 3.10. The van der Waals surface area contributed by atoms with Gasteiger partial charge in [0.2, 0.25) is 0 Å². The zero-order valence-corrected chi connectivity index (χ0v) is 11.7. The fraction of sp³-hybridized carbons (Fsp3) is 0.308. The van der Waals surface area contributed by atoms with E-state index in [-0.39, 0.29) is 6.61 Å². The summed E-state index contributed by atoms with van der Waals surface area (Å²) in [6.07, 6.45) is 5.39. The van der Waals surface area contributed by atoms with Crippen molar-refractivity contribution in [3.05, 3.63) is 46.5 Å². The van der Waals surface area contributed by atoms with Gasteiger partial charge in [0.25, 0.3) is 0 Å². The number of halogens is 1. The summed E-state index contributed by atoms with van der Waals surface area (Å²) in [5.74, 6) is 0.765. The van der Waals surface area contributed by atoms with Crippen LogP contribution in [-0.2, 0) is 13.2 Å². The van der Waals surface area contributed by atoms with Gasteiger partial charge < -0.3 is 14.4 Å². The van der Waals surface area contributed by atoms with Crippen LogP contribution in [0.2, 0.25) is 0 Å². The molecular weight excluding hydrogens is 296 g/mol.